The van der Waals surface area contributed by atoms with Gasteiger partial charge in [0.2, 0.25) is 0 Å². The first-order valence-electron chi connectivity index (χ1n) is 5.23. The van der Waals surface area contributed by atoms with Crippen LogP contribution in [0.4, 0.5) is 0 Å². The van der Waals surface area contributed by atoms with Crippen molar-refractivity contribution in [1.29, 1.82) is 0 Å². The maximum atomic E-state index is 6.20. The predicted octanol–water partition coefficient (Wildman–Crippen LogP) is 3.80. The van der Waals surface area contributed by atoms with Gasteiger partial charge in [-0.25, -0.2) is 0 Å². The summed E-state index contributed by atoms with van der Waals surface area (Å²) in [5.74, 6) is 0.215. The molecule has 0 spiro atoms. The second kappa shape index (κ2) is 5.00. The van der Waals surface area contributed by atoms with E-state index in [1.807, 2.05) is 18.2 Å². The van der Waals surface area contributed by atoms with Gasteiger partial charge in [-0.05, 0) is 30.7 Å². The first kappa shape index (κ1) is 11.6. The molecule has 0 aliphatic carbocycles. The molecule has 1 aromatic heterocycles. The Labute approximate surface area is 105 Å². The molecule has 1 aromatic carbocycles. The number of rotatable bonds is 3. The lowest BCUT2D eigenvalue weighted by Crippen LogP contribution is -2.13. The number of halogens is 1. The molecule has 1 nitrogen and oxygen atoms in total. The normalized spacial score (nSPS) is 12.7. The van der Waals surface area contributed by atoms with Crippen molar-refractivity contribution in [3.8, 4) is 0 Å². The Kier molecular flexibility index (Phi) is 3.64. The van der Waals surface area contributed by atoms with Crippen LogP contribution in [0.1, 0.15) is 21.2 Å². The number of hydrogen-bond donors (Lipinski definition) is 1. The Morgan fingerprint density at radius 2 is 2.00 bits per heavy atom. The molecule has 84 valence electrons. The monoisotopic (exact) mass is 251 g/mol. The van der Waals surface area contributed by atoms with Crippen LogP contribution in [-0.2, 0) is 0 Å². The molecule has 0 fully saturated rings. The highest BCUT2D eigenvalue weighted by atomic mass is 35.5. The van der Waals surface area contributed by atoms with Gasteiger partial charge in [-0.3, -0.25) is 0 Å². The molecule has 0 bridgehead atoms. The van der Waals surface area contributed by atoms with E-state index in [2.05, 4.69) is 25.1 Å². The van der Waals surface area contributed by atoms with Crippen LogP contribution >= 0.6 is 22.9 Å². The zero-order valence-electron chi connectivity index (χ0n) is 9.11. The molecular weight excluding hydrogens is 238 g/mol. The molecule has 2 aromatic rings. The highest BCUT2D eigenvalue weighted by molar-refractivity contribution is 7.12. The van der Waals surface area contributed by atoms with Gasteiger partial charge in [0, 0.05) is 27.2 Å². The van der Waals surface area contributed by atoms with Crippen molar-refractivity contribution >= 4 is 22.9 Å². The van der Waals surface area contributed by atoms with Crippen LogP contribution in [0.15, 0.2) is 36.4 Å². The summed E-state index contributed by atoms with van der Waals surface area (Å²) in [5.41, 5.74) is 6.98. The van der Waals surface area contributed by atoms with E-state index in [0.29, 0.717) is 6.54 Å². The Hall–Kier alpha value is -0.830. The fraction of sp³-hybridized carbons (Fsp3) is 0.231. The summed E-state index contributed by atoms with van der Waals surface area (Å²) in [6.45, 7) is 2.69. The van der Waals surface area contributed by atoms with Crippen molar-refractivity contribution in [2.24, 2.45) is 5.73 Å². The second-order valence-corrected chi connectivity index (χ2v) is 5.48. The Bertz CT molecular complexity index is 478. The molecule has 0 saturated carbocycles. The molecule has 1 heterocycles. The van der Waals surface area contributed by atoms with Crippen molar-refractivity contribution in [2.45, 2.75) is 12.8 Å². The van der Waals surface area contributed by atoms with Crippen molar-refractivity contribution in [3.63, 3.8) is 0 Å². The van der Waals surface area contributed by atoms with Gasteiger partial charge in [0.05, 0.1) is 0 Å². The SMILES string of the molecule is Cc1ccc(C(CN)c2ccccc2Cl)s1. The molecule has 16 heavy (non-hydrogen) atoms. The van der Waals surface area contributed by atoms with E-state index in [4.69, 9.17) is 17.3 Å². The second-order valence-electron chi connectivity index (χ2n) is 3.76. The van der Waals surface area contributed by atoms with Crippen LogP contribution < -0.4 is 5.73 Å². The molecule has 0 saturated heterocycles. The van der Waals surface area contributed by atoms with E-state index < -0.39 is 0 Å². The lowest BCUT2D eigenvalue weighted by Gasteiger charge is -2.14. The summed E-state index contributed by atoms with van der Waals surface area (Å²) >= 11 is 7.99. The van der Waals surface area contributed by atoms with Crippen molar-refractivity contribution in [2.75, 3.05) is 6.54 Å². The number of benzene rings is 1. The predicted molar refractivity (Wildman–Crippen MR) is 71.4 cm³/mol. The van der Waals surface area contributed by atoms with Crippen LogP contribution in [0.25, 0.3) is 0 Å². The molecule has 2 N–H and O–H groups in total. The molecule has 3 heteroatoms. The van der Waals surface area contributed by atoms with E-state index >= 15 is 0 Å². The van der Waals surface area contributed by atoms with Crippen LogP contribution in [0.3, 0.4) is 0 Å². The van der Waals surface area contributed by atoms with Gasteiger partial charge >= 0.3 is 0 Å². The number of thiophene rings is 1. The van der Waals surface area contributed by atoms with Gasteiger partial charge in [0.15, 0.2) is 0 Å². The summed E-state index contributed by atoms with van der Waals surface area (Å²) in [6, 6.07) is 12.2. The van der Waals surface area contributed by atoms with Gasteiger partial charge in [0.25, 0.3) is 0 Å². The third-order valence-corrected chi connectivity index (χ3v) is 4.08. The van der Waals surface area contributed by atoms with Gasteiger partial charge in [-0.1, -0.05) is 29.8 Å². The number of hydrogen-bond acceptors (Lipinski definition) is 2. The summed E-state index contributed by atoms with van der Waals surface area (Å²) in [5, 5.41) is 0.795. The largest absolute Gasteiger partial charge is 0.329 e. The first-order valence-corrected chi connectivity index (χ1v) is 6.42. The van der Waals surface area contributed by atoms with Crippen LogP contribution in [-0.4, -0.2) is 6.54 Å². The van der Waals surface area contributed by atoms with E-state index in [9.17, 15) is 0 Å². The molecule has 0 aliphatic rings. The molecule has 0 aliphatic heterocycles. The molecule has 2 rings (SSSR count). The first-order chi connectivity index (χ1) is 7.72. The molecule has 0 amide bonds. The molecular formula is C13H14ClNS. The minimum atomic E-state index is 0.215. The maximum Gasteiger partial charge on any atom is 0.0445 e. The van der Waals surface area contributed by atoms with Crippen LogP contribution in [0.2, 0.25) is 5.02 Å². The van der Waals surface area contributed by atoms with Gasteiger partial charge in [-0.2, -0.15) is 0 Å². The van der Waals surface area contributed by atoms with Crippen molar-refractivity contribution < 1.29 is 0 Å². The third kappa shape index (κ3) is 2.29. The van der Waals surface area contributed by atoms with E-state index in [-0.39, 0.29) is 5.92 Å². The zero-order chi connectivity index (χ0) is 11.5. The van der Waals surface area contributed by atoms with Gasteiger partial charge in [-0.15, -0.1) is 11.3 Å². The molecule has 1 unspecified atom stereocenters. The molecule has 0 radical (unpaired) electrons. The topological polar surface area (TPSA) is 26.0 Å². The standard InChI is InChI=1S/C13H14ClNS/c1-9-6-7-13(16-9)11(8-15)10-4-2-3-5-12(10)14/h2-7,11H,8,15H2,1H3. The summed E-state index contributed by atoms with van der Waals surface area (Å²) in [6.07, 6.45) is 0. The number of aryl methyl sites for hydroxylation is 1. The number of nitrogens with two attached hydrogens (primary N) is 1. The maximum absolute atomic E-state index is 6.20. The lowest BCUT2D eigenvalue weighted by molar-refractivity contribution is 0.836. The Balaban J connectivity index is 2.40. The smallest absolute Gasteiger partial charge is 0.0445 e. The summed E-state index contributed by atoms with van der Waals surface area (Å²) < 4.78 is 0. The minimum Gasteiger partial charge on any atom is -0.329 e. The highest BCUT2D eigenvalue weighted by Crippen LogP contribution is 2.33. The van der Waals surface area contributed by atoms with Gasteiger partial charge in [0.1, 0.15) is 0 Å². The van der Waals surface area contributed by atoms with E-state index in [0.717, 1.165) is 10.6 Å². The van der Waals surface area contributed by atoms with E-state index in [1.165, 1.54) is 9.75 Å². The van der Waals surface area contributed by atoms with Gasteiger partial charge < -0.3 is 5.73 Å². The fourth-order valence-electron chi connectivity index (χ4n) is 1.79. The molecule has 1 atom stereocenters. The lowest BCUT2D eigenvalue weighted by atomic mass is 9.97. The third-order valence-electron chi connectivity index (χ3n) is 2.62. The van der Waals surface area contributed by atoms with Crippen LogP contribution in [0.5, 0.6) is 0 Å². The minimum absolute atomic E-state index is 0.215. The highest BCUT2D eigenvalue weighted by Gasteiger charge is 2.16. The van der Waals surface area contributed by atoms with E-state index in [1.54, 1.807) is 11.3 Å². The van der Waals surface area contributed by atoms with Crippen molar-refractivity contribution in [1.82, 2.24) is 0 Å². The summed E-state index contributed by atoms with van der Waals surface area (Å²) in [7, 11) is 0. The van der Waals surface area contributed by atoms with Crippen LogP contribution in [0, 0.1) is 6.92 Å². The Morgan fingerprint density at radius 3 is 2.56 bits per heavy atom. The van der Waals surface area contributed by atoms with Crippen molar-refractivity contribution in [3.05, 3.63) is 56.7 Å². The zero-order valence-corrected chi connectivity index (χ0v) is 10.7. The quantitative estimate of drug-likeness (QED) is 0.882. The average Bonchev–Trinajstić information content (AvgIpc) is 2.69. The Morgan fingerprint density at radius 1 is 1.25 bits per heavy atom. The average molecular weight is 252 g/mol. The summed E-state index contributed by atoms with van der Waals surface area (Å²) in [4.78, 5) is 2.59. The fourth-order valence-corrected chi connectivity index (χ4v) is 3.07.